The first kappa shape index (κ1) is 13.8. The van der Waals surface area contributed by atoms with Crippen molar-refractivity contribution in [1.29, 1.82) is 0 Å². The summed E-state index contributed by atoms with van der Waals surface area (Å²) in [5, 5.41) is 14.0. The number of nitrogens with one attached hydrogen (secondary N) is 1. The summed E-state index contributed by atoms with van der Waals surface area (Å²) < 4.78 is 0. The van der Waals surface area contributed by atoms with Crippen LogP contribution in [0.4, 0.5) is 0 Å². The van der Waals surface area contributed by atoms with Crippen LogP contribution in [0.2, 0.25) is 0 Å². The zero-order valence-electron chi connectivity index (χ0n) is 10.8. The molecule has 0 radical (unpaired) electrons. The molecule has 0 aliphatic heterocycles. The van der Waals surface area contributed by atoms with Crippen LogP contribution in [0.25, 0.3) is 6.08 Å². The second-order valence-corrected chi connectivity index (χ2v) is 6.00. The molecule has 1 aromatic heterocycles. The van der Waals surface area contributed by atoms with Crippen molar-refractivity contribution in [2.75, 3.05) is 0 Å². The Balaban J connectivity index is 1.97. The lowest BCUT2D eigenvalue weighted by atomic mass is 9.85. The highest BCUT2D eigenvalue weighted by Gasteiger charge is 2.45. The van der Waals surface area contributed by atoms with Crippen molar-refractivity contribution in [2.24, 2.45) is 5.41 Å². The van der Waals surface area contributed by atoms with Crippen LogP contribution in [0, 0.1) is 5.41 Å². The van der Waals surface area contributed by atoms with Crippen LogP contribution in [0.3, 0.4) is 0 Å². The second kappa shape index (κ2) is 5.57. The van der Waals surface area contributed by atoms with Crippen molar-refractivity contribution < 1.29 is 14.7 Å². The third-order valence-electron chi connectivity index (χ3n) is 3.71. The van der Waals surface area contributed by atoms with Gasteiger partial charge < -0.3 is 10.4 Å². The summed E-state index contributed by atoms with van der Waals surface area (Å²) in [7, 11) is 0. The maximum Gasteiger partial charge on any atom is 0.311 e. The summed E-state index contributed by atoms with van der Waals surface area (Å²) in [5.41, 5.74) is -0.841. The van der Waals surface area contributed by atoms with E-state index in [0.29, 0.717) is 6.42 Å². The molecule has 1 aliphatic carbocycles. The van der Waals surface area contributed by atoms with Gasteiger partial charge in [0.05, 0.1) is 5.41 Å². The standard InChI is InChI=1S/C14H17NO3S/c1-14(13(17)18)8-2-5-11(14)15-12(16)7-6-10-4-3-9-19-10/h3-4,6-7,9,11H,2,5,8H2,1H3,(H,15,16)(H,17,18)/b7-6+. The molecule has 0 spiro atoms. The molecule has 1 aliphatic rings. The number of hydrogen-bond donors (Lipinski definition) is 2. The molecular formula is C14H17NO3S. The van der Waals surface area contributed by atoms with Crippen LogP contribution in [-0.4, -0.2) is 23.0 Å². The largest absolute Gasteiger partial charge is 0.481 e. The molecule has 0 saturated heterocycles. The van der Waals surface area contributed by atoms with Crippen molar-refractivity contribution >= 4 is 29.3 Å². The SMILES string of the molecule is CC1(C(=O)O)CCCC1NC(=O)/C=C/c1cccs1. The summed E-state index contributed by atoms with van der Waals surface area (Å²) in [6, 6.07) is 3.55. The highest BCUT2D eigenvalue weighted by molar-refractivity contribution is 7.10. The summed E-state index contributed by atoms with van der Waals surface area (Å²) >= 11 is 1.55. The van der Waals surface area contributed by atoms with E-state index >= 15 is 0 Å². The van der Waals surface area contributed by atoms with Crippen LogP contribution in [0.1, 0.15) is 31.1 Å². The van der Waals surface area contributed by atoms with Gasteiger partial charge in [-0.15, -0.1) is 11.3 Å². The fourth-order valence-corrected chi connectivity index (χ4v) is 3.04. The number of carboxylic acid groups (broad SMARTS) is 1. The minimum atomic E-state index is -0.841. The maximum atomic E-state index is 11.8. The van der Waals surface area contributed by atoms with Crippen LogP contribution in [0.5, 0.6) is 0 Å². The van der Waals surface area contributed by atoms with Crippen LogP contribution >= 0.6 is 11.3 Å². The first-order chi connectivity index (χ1) is 9.02. The molecule has 2 unspecified atom stereocenters. The maximum absolute atomic E-state index is 11.8. The molecule has 19 heavy (non-hydrogen) atoms. The molecule has 0 aromatic carbocycles. The van der Waals surface area contributed by atoms with Gasteiger partial charge in [-0.2, -0.15) is 0 Å². The Bertz CT molecular complexity index is 495. The molecule has 1 heterocycles. The number of rotatable bonds is 4. The normalized spacial score (nSPS) is 26.7. The predicted octanol–water partition coefficient (Wildman–Crippen LogP) is 2.52. The molecular weight excluding hydrogens is 262 g/mol. The van der Waals surface area contributed by atoms with E-state index in [4.69, 9.17) is 0 Å². The Hall–Kier alpha value is -1.62. The smallest absolute Gasteiger partial charge is 0.311 e. The molecule has 5 heteroatoms. The summed E-state index contributed by atoms with van der Waals surface area (Å²) in [5.74, 6) is -1.06. The minimum absolute atomic E-state index is 0.229. The van der Waals surface area contributed by atoms with E-state index in [1.165, 1.54) is 6.08 Å². The fraction of sp³-hybridized carbons (Fsp3) is 0.429. The number of thiophene rings is 1. The summed E-state index contributed by atoms with van der Waals surface area (Å²) in [6.07, 6.45) is 5.38. The van der Waals surface area contributed by atoms with Crippen LogP contribution in [-0.2, 0) is 9.59 Å². The van der Waals surface area contributed by atoms with E-state index in [2.05, 4.69) is 5.32 Å². The Morgan fingerprint density at radius 2 is 2.37 bits per heavy atom. The molecule has 102 valence electrons. The van der Waals surface area contributed by atoms with Gasteiger partial charge in [-0.05, 0) is 37.3 Å². The van der Waals surface area contributed by atoms with Crippen molar-refractivity contribution in [3.63, 3.8) is 0 Å². The zero-order chi connectivity index (χ0) is 13.9. The predicted molar refractivity (Wildman–Crippen MR) is 74.9 cm³/mol. The number of carbonyl (C=O) groups is 2. The quantitative estimate of drug-likeness (QED) is 0.832. The van der Waals surface area contributed by atoms with Gasteiger partial charge in [-0.3, -0.25) is 9.59 Å². The van der Waals surface area contributed by atoms with Crippen molar-refractivity contribution in [2.45, 2.75) is 32.2 Å². The molecule has 0 bridgehead atoms. The Morgan fingerprint density at radius 1 is 1.58 bits per heavy atom. The molecule has 2 atom stereocenters. The van der Waals surface area contributed by atoms with Gasteiger partial charge in [-0.25, -0.2) is 0 Å². The van der Waals surface area contributed by atoms with Gasteiger partial charge in [0.25, 0.3) is 0 Å². The van der Waals surface area contributed by atoms with Crippen molar-refractivity contribution in [1.82, 2.24) is 5.32 Å². The Labute approximate surface area is 116 Å². The van der Waals surface area contributed by atoms with Crippen molar-refractivity contribution in [3.8, 4) is 0 Å². The molecule has 1 aromatic rings. The van der Waals surface area contributed by atoms with Crippen LogP contribution < -0.4 is 5.32 Å². The van der Waals surface area contributed by atoms with Gasteiger partial charge >= 0.3 is 5.97 Å². The molecule has 1 fully saturated rings. The molecule has 4 nitrogen and oxygen atoms in total. The number of carbonyl (C=O) groups excluding carboxylic acids is 1. The van der Waals surface area contributed by atoms with E-state index in [1.807, 2.05) is 17.5 Å². The molecule has 2 rings (SSSR count). The summed E-state index contributed by atoms with van der Waals surface area (Å²) in [4.78, 5) is 24.1. The topological polar surface area (TPSA) is 66.4 Å². The van der Waals surface area contributed by atoms with E-state index in [0.717, 1.165) is 17.7 Å². The Kier molecular flexibility index (Phi) is 4.04. The average molecular weight is 279 g/mol. The van der Waals surface area contributed by atoms with Crippen molar-refractivity contribution in [3.05, 3.63) is 28.5 Å². The number of aliphatic carboxylic acids is 1. The Morgan fingerprint density at radius 3 is 3.00 bits per heavy atom. The number of hydrogen-bond acceptors (Lipinski definition) is 3. The minimum Gasteiger partial charge on any atom is -0.481 e. The lowest BCUT2D eigenvalue weighted by molar-refractivity contribution is -0.148. The lowest BCUT2D eigenvalue weighted by Crippen LogP contribution is -2.46. The van der Waals surface area contributed by atoms with E-state index in [-0.39, 0.29) is 11.9 Å². The second-order valence-electron chi connectivity index (χ2n) is 5.02. The third kappa shape index (κ3) is 3.04. The average Bonchev–Trinajstić information content (AvgIpc) is 2.98. The molecule has 1 saturated carbocycles. The van der Waals surface area contributed by atoms with E-state index in [1.54, 1.807) is 24.3 Å². The van der Waals surface area contributed by atoms with E-state index in [9.17, 15) is 14.7 Å². The number of amides is 1. The van der Waals surface area contributed by atoms with Gasteiger partial charge in [0, 0.05) is 17.0 Å². The molecule has 2 N–H and O–H groups in total. The van der Waals surface area contributed by atoms with E-state index < -0.39 is 11.4 Å². The molecule has 1 amide bonds. The first-order valence-electron chi connectivity index (χ1n) is 6.28. The summed E-state index contributed by atoms with van der Waals surface area (Å²) in [6.45, 7) is 1.70. The lowest BCUT2D eigenvalue weighted by Gasteiger charge is -2.27. The van der Waals surface area contributed by atoms with Gasteiger partial charge in [-0.1, -0.05) is 12.5 Å². The van der Waals surface area contributed by atoms with Gasteiger partial charge in [0.2, 0.25) is 5.91 Å². The highest BCUT2D eigenvalue weighted by atomic mass is 32.1. The van der Waals surface area contributed by atoms with Crippen LogP contribution in [0.15, 0.2) is 23.6 Å². The monoisotopic (exact) mass is 279 g/mol. The van der Waals surface area contributed by atoms with Gasteiger partial charge in [0.15, 0.2) is 0 Å². The first-order valence-corrected chi connectivity index (χ1v) is 7.16. The third-order valence-corrected chi connectivity index (χ3v) is 4.54. The van der Waals surface area contributed by atoms with Gasteiger partial charge in [0.1, 0.15) is 0 Å². The zero-order valence-corrected chi connectivity index (χ0v) is 11.6. The number of carboxylic acids is 1. The highest BCUT2D eigenvalue weighted by Crippen LogP contribution is 2.38. The fourth-order valence-electron chi connectivity index (χ4n) is 2.42.